The topological polar surface area (TPSA) is 43.4 Å². The summed E-state index contributed by atoms with van der Waals surface area (Å²) >= 11 is 5.94. The van der Waals surface area contributed by atoms with E-state index in [2.05, 4.69) is 0 Å². The maximum absolute atomic E-state index is 13.3. The van der Waals surface area contributed by atoms with Crippen LogP contribution in [0.5, 0.6) is 0 Å². The molecule has 0 saturated carbocycles. The van der Waals surface area contributed by atoms with Gasteiger partial charge in [0.05, 0.1) is 6.61 Å². The van der Waals surface area contributed by atoms with Crippen molar-refractivity contribution >= 4 is 28.9 Å². The first-order chi connectivity index (χ1) is 12.5. The van der Waals surface area contributed by atoms with E-state index < -0.39 is 17.8 Å². The minimum Gasteiger partial charge on any atom is -0.465 e. The Hall–Kier alpha value is -2.46. The highest BCUT2D eigenvalue weighted by Crippen LogP contribution is 2.40. The number of benzene rings is 2. The molecule has 0 saturated heterocycles. The Bertz CT molecular complexity index is 841. The number of ketones is 1. The van der Waals surface area contributed by atoms with Crippen molar-refractivity contribution in [1.82, 2.24) is 0 Å². The summed E-state index contributed by atoms with van der Waals surface area (Å²) < 4.78 is 18.4. The molecule has 2 atom stereocenters. The summed E-state index contributed by atoms with van der Waals surface area (Å²) in [6.45, 7) is 1.90. The zero-order valence-corrected chi connectivity index (χ0v) is 15.0. The van der Waals surface area contributed by atoms with Crippen LogP contribution < -0.4 is 0 Å². The minimum absolute atomic E-state index is 0.201. The summed E-state index contributed by atoms with van der Waals surface area (Å²) in [5.74, 6) is -2.53. The van der Waals surface area contributed by atoms with Crippen molar-refractivity contribution in [2.75, 3.05) is 6.61 Å². The lowest BCUT2D eigenvalue weighted by atomic mass is 9.73. The van der Waals surface area contributed by atoms with E-state index in [1.54, 1.807) is 31.2 Å². The summed E-state index contributed by atoms with van der Waals surface area (Å²) in [7, 11) is 0. The highest BCUT2D eigenvalue weighted by molar-refractivity contribution is 6.30. The predicted molar refractivity (Wildman–Crippen MR) is 98.3 cm³/mol. The van der Waals surface area contributed by atoms with Crippen molar-refractivity contribution in [3.05, 3.63) is 76.6 Å². The lowest BCUT2D eigenvalue weighted by Crippen LogP contribution is -2.34. The van der Waals surface area contributed by atoms with E-state index in [0.717, 1.165) is 16.7 Å². The molecule has 0 heterocycles. The molecule has 3 nitrogen and oxygen atoms in total. The van der Waals surface area contributed by atoms with Crippen LogP contribution in [0.25, 0.3) is 5.57 Å². The van der Waals surface area contributed by atoms with E-state index in [1.807, 2.05) is 12.1 Å². The third kappa shape index (κ3) is 3.86. The van der Waals surface area contributed by atoms with Gasteiger partial charge in [-0.25, -0.2) is 4.39 Å². The van der Waals surface area contributed by atoms with Gasteiger partial charge in [-0.2, -0.15) is 0 Å². The second-order valence-corrected chi connectivity index (χ2v) is 6.61. The molecule has 26 heavy (non-hydrogen) atoms. The SMILES string of the molecule is CCOC(=O)[C@H]1C(=O)C=C(c2ccc(Cl)cc2)C[C@@H]1c1ccc(F)cc1. The smallest absolute Gasteiger partial charge is 0.317 e. The molecule has 5 heteroatoms. The Balaban J connectivity index is 2.01. The molecule has 134 valence electrons. The molecule has 0 N–H and O–H groups in total. The number of carbonyl (C=O) groups is 2. The molecule has 3 rings (SSSR count). The highest BCUT2D eigenvalue weighted by atomic mass is 35.5. The molecule has 0 unspecified atom stereocenters. The van der Waals surface area contributed by atoms with Crippen LogP contribution in [-0.4, -0.2) is 18.4 Å². The number of halogens is 2. The molecule has 1 aliphatic carbocycles. The third-order valence-electron chi connectivity index (χ3n) is 4.52. The van der Waals surface area contributed by atoms with E-state index in [4.69, 9.17) is 16.3 Å². The average molecular weight is 373 g/mol. The standard InChI is InChI=1S/C21H18ClFO3/c1-2-26-21(25)20-18(14-5-9-17(23)10-6-14)11-15(12-19(20)24)13-3-7-16(22)8-4-13/h3-10,12,18,20H,2,11H2,1H3/t18-,20-/m1/s1. The molecule has 0 fully saturated rings. The van der Waals surface area contributed by atoms with Crippen molar-refractivity contribution in [2.45, 2.75) is 19.3 Å². The number of ether oxygens (including phenoxy) is 1. The van der Waals surface area contributed by atoms with Crippen molar-refractivity contribution in [2.24, 2.45) is 5.92 Å². The van der Waals surface area contributed by atoms with Crippen LogP contribution in [-0.2, 0) is 14.3 Å². The first-order valence-corrected chi connectivity index (χ1v) is 8.80. The van der Waals surface area contributed by atoms with Crippen molar-refractivity contribution in [3.63, 3.8) is 0 Å². The molecule has 2 aromatic rings. The second kappa shape index (κ2) is 7.83. The first kappa shape index (κ1) is 18.3. The number of hydrogen-bond acceptors (Lipinski definition) is 3. The van der Waals surface area contributed by atoms with E-state index in [9.17, 15) is 14.0 Å². The Morgan fingerprint density at radius 3 is 2.42 bits per heavy atom. The lowest BCUT2D eigenvalue weighted by molar-refractivity contribution is -0.151. The monoisotopic (exact) mass is 372 g/mol. The molecular formula is C21H18ClFO3. The van der Waals surface area contributed by atoms with E-state index >= 15 is 0 Å². The Kier molecular flexibility index (Phi) is 5.52. The molecule has 0 radical (unpaired) electrons. The minimum atomic E-state index is -0.920. The number of allylic oxidation sites excluding steroid dienone is 2. The fourth-order valence-electron chi connectivity index (χ4n) is 3.27. The van der Waals surface area contributed by atoms with Crippen LogP contribution in [0.4, 0.5) is 4.39 Å². The largest absolute Gasteiger partial charge is 0.465 e. The molecule has 1 aliphatic rings. The number of rotatable bonds is 4. The number of hydrogen-bond donors (Lipinski definition) is 0. The fourth-order valence-corrected chi connectivity index (χ4v) is 3.40. The molecule has 2 aromatic carbocycles. The van der Waals surface area contributed by atoms with Gasteiger partial charge in [0, 0.05) is 10.9 Å². The number of esters is 1. The third-order valence-corrected chi connectivity index (χ3v) is 4.77. The summed E-state index contributed by atoms with van der Waals surface area (Å²) in [6, 6.07) is 13.1. The van der Waals surface area contributed by atoms with Crippen LogP contribution >= 0.6 is 11.6 Å². The van der Waals surface area contributed by atoms with Crippen LogP contribution in [0, 0.1) is 11.7 Å². The maximum Gasteiger partial charge on any atom is 0.317 e. The molecule has 0 spiro atoms. The normalized spacial score (nSPS) is 19.8. The van der Waals surface area contributed by atoms with Gasteiger partial charge in [0.1, 0.15) is 11.7 Å². The summed E-state index contributed by atoms with van der Waals surface area (Å²) in [5, 5.41) is 0.607. The van der Waals surface area contributed by atoms with Gasteiger partial charge >= 0.3 is 5.97 Å². The second-order valence-electron chi connectivity index (χ2n) is 6.17. The molecule has 0 aromatic heterocycles. The lowest BCUT2D eigenvalue weighted by Gasteiger charge is -2.29. The zero-order chi connectivity index (χ0) is 18.7. The molecular weight excluding hydrogens is 355 g/mol. The van der Waals surface area contributed by atoms with Crippen LogP contribution in [0.15, 0.2) is 54.6 Å². The van der Waals surface area contributed by atoms with Gasteiger partial charge in [-0.1, -0.05) is 35.9 Å². The summed E-state index contributed by atoms with van der Waals surface area (Å²) in [6.07, 6.45) is 1.98. The number of carbonyl (C=O) groups excluding carboxylic acids is 2. The highest BCUT2D eigenvalue weighted by Gasteiger charge is 2.39. The predicted octanol–water partition coefficient (Wildman–Crippen LogP) is 4.80. The maximum atomic E-state index is 13.3. The van der Waals surface area contributed by atoms with Crippen LogP contribution in [0.2, 0.25) is 5.02 Å². The van der Waals surface area contributed by atoms with E-state index in [0.29, 0.717) is 11.4 Å². The Morgan fingerprint density at radius 2 is 1.81 bits per heavy atom. The first-order valence-electron chi connectivity index (χ1n) is 8.42. The molecule has 0 bridgehead atoms. The zero-order valence-electron chi connectivity index (χ0n) is 14.2. The van der Waals surface area contributed by atoms with Crippen molar-refractivity contribution < 1.29 is 18.7 Å². The van der Waals surface area contributed by atoms with Gasteiger partial charge in [0.2, 0.25) is 0 Å². The van der Waals surface area contributed by atoms with Gasteiger partial charge in [0.25, 0.3) is 0 Å². The van der Waals surface area contributed by atoms with Gasteiger partial charge in [0.15, 0.2) is 5.78 Å². The Morgan fingerprint density at radius 1 is 1.15 bits per heavy atom. The van der Waals surface area contributed by atoms with Crippen LogP contribution in [0.1, 0.15) is 30.4 Å². The summed E-state index contributed by atoms with van der Waals surface area (Å²) in [4.78, 5) is 25.1. The van der Waals surface area contributed by atoms with E-state index in [-0.39, 0.29) is 18.2 Å². The quantitative estimate of drug-likeness (QED) is 0.572. The molecule has 0 amide bonds. The van der Waals surface area contributed by atoms with E-state index in [1.165, 1.54) is 18.2 Å². The summed E-state index contributed by atoms with van der Waals surface area (Å²) in [5.41, 5.74) is 2.43. The van der Waals surface area contributed by atoms with Gasteiger partial charge in [-0.15, -0.1) is 0 Å². The molecule has 0 aliphatic heterocycles. The Labute approximate surface area is 156 Å². The van der Waals surface area contributed by atoms with Gasteiger partial charge in [-0.05, 0) is 60.4 Å². The fraction of sp³-hybridized carbons (Fsp3) is 0.238. The van der Waals surface area contributed by atoms with Crippen LogP contribution in [0.3, 0.4) is 0 Å². The van der Waals surface area contributed by atoms with Crippen molar-refractivity contribution in [1.29, 1.82) is 0 Å². The van der Waals surface area contributed by atoms with Gasteiger partial charge in [-0.3, -0.25) is 9.59 Å². The van der Waals surface area contributed by atoms with Gasteiger partial charge < -0.3 is 4.74 Å². The van der Waals surface area contributed by atoms with Crippen molar-refractivity contribution in [3.8, 4) is 0 Å². The average Bonchev–Trinajstić information content (AvgIpc) is 2.62.